The number of aryl methyl sites for hydroxylation is 1. The molecule has 0 saturated heterocycles. The summed E-state index contributed by atoms with van der Waals surface area (Å²) >= 11 is 8.95. The van der Waals surface area contributed by atoms with E-state index >= 15 is 0 Å². The molecule has 0 aromatic carbocycles. The number of halogens is 1. The quantitative estimate of drug-likeness (QED) is 0.450. The van der Waals surface area contributed by atoms with E-state index in [1.165, 1.54) is 36.4 Å². The number of esters is 1. The molecular formula is C17H18ClN3O3S2. The normalized spacial score (nSPS) is 13.2. The number of thioether (sulfide) groups is 1. The van der Waals surface area contributed by atoms with Crippen molar-refractivity contribution in [2.24, 2.45) is 0 Å². The highest BCUT2D eigenvalue weighted by Gasteiger charge is 2.27. The average Bonchev–Trinajstić information content (AvgIpc) is 3.00. The SMILES string of the molecule is CCSc1ncc(Cl)c(C(=O)Nc2sc3c(c2C(=O)OC)CCCC3)n1. The molecule has 9 heteroatoms. The number of hydrogen-bond acceptors (Lipinski definition) is 7. The number of fused-ring (bicyclic) bond motifs is 1. The van der Waals surface area contributed by atoms with Crippen LogP contribution in [0.5, 0.6) is 0 Å². The highest BCUT2D eigenvalue weighted by molar-refractivity contribution is 7.99. The van der Waals surface area contributed by atoms with Crippen molar-refractivity contribution >= 4 is 51.6 Å². The molecule has 0 saturated carbocycles. The predicted molar refractivity (Wildman–Crippen MR) is 104 cm³/mol. The summed E-state index contributed by atoms with van der Waals surface area (Å²) in [5, 5.41) is 3.95. The number of aromatic nitrogens is 2. The van der Waals surface area contributed by atoms with Crippen LogP contribution in [0.4, 0.5) is 5.00 Å². The number of anilines is 1. The number of nitrogens with one attached hydrogen (secondary N) is 1. The van der Waals surface area contributed by atoms with Gasteiger partial charge >= 0.3 is 5.97 Å². The second kappa shape index (κ2) is 8.37. The first-order chi connectivity index (χ1) is 12.5. The molecule has 1 aliphatic carbocycles. The van der Waals surface area contributed by atoms with Gasteiger partial charge in [-0.1, -0.05) is 30.3 Å². The maximum absolute atomic E-state index is 12.7. The molecule has 3 rings (SSSR count). The summed E-state index contributed by atoms with van der Waals surface area (Å²) in [6.07, 6.45) is 5.25. The monoisotopic (exact) mass is 411 g/mol. The molecule has 1 amide bonds. The Balaban J connectivity index is 1.94. The number of amides is 1. The van der Waals surface area contributed by atoms with Crippen molar-refractivity contribution < 1.29 is 14.3 Å². The molecule has 26 heavy (non-hydrogen) atoms. The first kappa shape index (κ1) is 19.1. The Kier molecular flexibility index (Phi) is 6.16. The van der Waals surface area contributed by atoms with Crippen molar-refractivity contribution in [2.75, 3.05) is 18.2 Å². The fraction of sp³-hybridized carbons (Fsp3) is 0.412. The van der Waals surface area contributed by atoms with E-state index in [0.29, 0.717) is 15.7 Å². The topological polar surface area (TPSA) is 81.2 Å². The molecule has 0 fully saturated rings. The van der Waals surface area contributed by atoms with Gasteiger partial charge in [-0.05, 0) is 37.0 Å². The number of ether oxygens (including phenoxy) is 1. The van der Waals surface area contributed by atoms with Crippen molar-refractivity contribution in [2.45, 2.75) is 37.8 Å². The highest BCUT2D eigenvalue weighted by atomic mass is 35.5. The Morgan fingerprint density at radius 3 is 2.88 bits per heavy atom. The van der Waals surface area contributed by atoms with E-state index in [-0.39, 0.29) is 10.7 Å². The second-order valence-corrected chi connectivity index (χ2v) is 8.39. The summed E-state index contributed by atoms with van der Waals surface area (Å²) in [7, 11) is 1.34. The molecule has 2 aromatic rings. The zero-order chi connectivity index (χ0) is 18.7. The lowest BCUT2D eigenvalue weighted by molar-refractivity contribution is 0.0601. The van der Waals surface area contributed by atoms with Crippen molar-refractivity contribution in [3.05, 3.63) is 32.9 Å². The molecule has 0 aliphatic heterocycles. The number of hydrogen-bond donors (Lipinski definition) is 1. The lowest BCUT2D eigenvalue weighted by Gasteiger charge is -2.11. The molecule has 2 aromatic heterocycles. The third-order valence-corrected chi connectivity index (χ3v) is 6.23. The maximum atomic E-state index is 12.7. The number of rotatable bonds is 5. The van der Waals surface area contributed by atoms with Crippen molar-refractivity contribution in [1.82, 2.24) is 9.97 Å². The van der Waals surface area contributed by atoms with Gasteiger partial charge < -0.3 is 10.1 Å². The average molecular weight is 412 g/mol. The van der Waals surface area contributed by atoms with Gasteiger partial charge in [0.05, 0.1) is 23.9 Å². The van der Waals surface area contributed by atoms with Gasteiger partial charge in [-0.15, -0.1) is 11.3 Å². The van der Waals surface area contributed by atoms with Gasteiger partial charge in [0.1, 0.15) is 5.00 Å². The van der Waals surface area contributed by atoms with Crippen LogP contribution in [0.3, 0.4) is 0 Å². The Morgan fingerprint density at radius 1 is 1.38 bits per heavy atom. The minimum atomic E-state index is -0.459. The zero-order valence-electron chi connectivity index (χ0n) is 14.4. The second-order valence-electron chi connectivity index (χ2n) is 5.64. The highest BCUT2D eigenvalue weighted by Crippen LogP contribution is 2.38. The van der Waals surface area contributed by atoms with Gasteiger partial charge in [0.15, 0.2) is 10.9 Å². The standard InChI is InChI=1S/C17H18ClN3O3S2/c1-3-25-17-19-8-10(18)13(20-17)14(22)21-15-12(16(23)24-2)9-6-4-5-7-11(9)26-15/h8H,3-7H2,1-2H3,(H,21,22). The van der Waals surface area contributed by atoms with E-state index in [9.17, 15) is 9.59 Å². The Hall–Kier alpha value is -1.64. The summed E-state index contributed by atoms with van der Waals surface area (Å²) in [4.78, 5) is 34.5. The number of nitrogens with zero attached hydrogens (tertiary/aromatic N) is 2. The van der Waals surface area contributed by atoms with Gasteiger partial charge in [0, 0.05) is 4.88 Å². The molecule has 0 spiro atoms. The number of thiophene rings is 1. The molecule has 0 bridgehead atoms. The Labute approximate surface area is 164 Å². The number of carbonyl (C=O) groups excluding carboxylic acids is 2. The van der Waals surface area contributed by atoms with Crippen LogP contribution >= 0.6 is 34.7 Å². The van der Waals surface area contributed by atoms with Crippen LogP contribution in [0, 0.1) is 0 Å². The third kappa shape index (κ3) is 3.87. The van der Waals surface area contributed by atoms with Crippen LogP contribution in [0.15, 0.2) is 11.4 Å². The lowest BCUT2D eigenvalue weighted by atomic mass is 9.95. The Morgan fingerprint density at radius 2 is 2.15 bits per heavy atom. The molecule has 0 unspecified atom stereocenters. The van der Waals surface area contributed by atoms with Crippen LogP contribution in [-0.2, 0) is 17.6 Å². The maximum Gasteiger partial charge on any atom is 0.341 e. The molecule has 138 valence electrons. The van der Waals surface area contributed by atoms with Crippen LogP contribution in [-0.4, -0.2) is 34.7 Å². The van der Waals surface area contributed by atoms with Gasteiger partial charge in [-0.25, -0.2) is 14.8 Å². The molecule has 0 atom stereocenters. The van der Waals surface area contributed by atoms with Gasteiger partial charge in [-0.2, -0.15) is 0 Å². The number of methoxy groups -OCH3 is 1. The molecule has 6 nitrogen and oxygen atoms in total. The largest absolute Gasteiger partial charge is 0.465 e. The fourth-order valence-electron chi connectivity index (χ4n) is 2.84. The number of carbonyl (C=O) groups is 2. The summed E-state index contributed by atoms with van der Waals surface area (Å²) in [6.45, 7) is 1.97. The minimum absolute atomic E-state index is 0.0970. The van der Waals surface area contributed by atoms with E-state index < -0.39 is 11.9 Å². The molecule has 1 N–H and O–H groups in total. The van der Waals surface area contributed by atoms with E-state index in [2.05, 4.69) is 15.3 Å². The third-order valence-electron chi connectivity index (χ3n) is 4.00. The predicted octanol–water partition coefficient (Wildman–Crippen LogP) is 4.22. The molecule has 2 heterocycles. The van der Waals surface area contributed by atoms with Crippen LogP contribution in [0.1, 0.15) is 51.1 Å². The van der Waals surface area contributed by atoms with E-state index in [1.807, 2.05) is 6.92 Å². The summed E-state index contributed by atoms with van der Waals surface area (Å²) in [5.74, 6) is -0.109. The zero-order valence-corrected chi connectivity index (χ0v) is 16.8. The summed E-state index contributed by atoms with van der Waals surface area (Å²) in [5.41, 5.74) is 1.54. The summed E-state index contributed by atoms with van der Waals surface area (Å²) in [6, 6.07) is 0. The Bertz CT molecular complexity index is 854. The van der Waals surface area contributed by atoms with Crippen LogP contribution in [0.2, 0.25) is 5.02 Å². The van der Waals surface area contributed by atoms with Crippen molar-refractivity contribution in [3.8, 4) is 0 Å². The molecule has 1 aliphatic rings. The van der Waals surface area contributed by atoms with Gasteiger partial charge in [-0.3, -0.25) is 4.79 Å². The minimum Gasteiger partial charge on any atom is -0.465 e. The fourth-order valence-corrected chi connectivity index (χ4v) is 4.83. The van der Waals surface area contributed by atoms with E-state index in [1.54, 1.807) is 0 Å². The van der Waals surface area contributed by atoms with Crippen LogP contribution in [0.25, 0.3) is 0 Å². The summed E-state index contributed by atoms with van der Waals surface area (Å²) < 4.78 is 4.92. The van der Waals surface area contributed by atoms with Gasteiger partial charge in [0.2, 0.25) is 0 Å². The van der Waals surface area contributed by atoms with E-state index in [0.717, 1.165) is 41.9 Å². The van der Waals surface area contributed by atoms with Gasteiger partial charge in [0.25, 0.3) is 5.91 Å². The van der Waals surface area contributed by atoms with Crippen LogP contribution < -0.4 is 5.32 Å². The lowest BCUT2D eigenvalue weighted by Crippen LogP contribution is -2.17. The molecular weight excluding hydrogens is 394 g/mol. The van der Waals surface area contributed by atoms with Crippen molar-refractivity contribution in [1.29, 1.82) is 0 Å². The molecule has 0 radical (unpaired) electrons. The van der Waals surface area contributed by atoms with Crippen molar-refractivity contribution in [3.63, 3.8) is 0 Å². The first-order valence-corrected chi connectivity index (χ1v) is 10.4. The first-order valence-electron chi connectivity index (χ1n) is 8.24. The van der Waals surface area contributed by atoms with E-state index in [4.69, 9.17) is 16.3 Å². The smallest absolute Gasteiger partial charge is 0.341 e.